The maximum Gasteiger partial charge on any atom is 0.266 e. The Morgan fingerprint density at radius 2 is 1.79 bits per heavy atom. The number of aryl methyl sites for hydroxylation is 1. The highest BCUT2D eigenvalue weighted by atomic mass is 35.5. The normalized spacial score (nSPS) is 11.0. The molecule has 3 rings (SSSR count). The number of methoxy groups -OCH3 is 1. The number of anilines is 1. The third-order valence-electron chi connectivity index (χ3n) is 4.67. The molecule has 8 heteroatoms. The van der Waals surface area contributed by atoms with Crippen LogP contribution >= 0.6 is 34.8 Å². The second-order valence-corrected chi connectivity index (χ2v) is 8.26. The average molecular weight is 502 g/mol. The summed E-state index contributed by atoms with van der Waals surface area (Å²) in [5.74, 6) is 0.404. The highest BCUT2D eigenvalue weighted by molar-refractivity contribution is 6.42. The summed E-state index contributed by atoms with van der Waals surface area (Å²) in [6.07, 6.45) is 1.47. The number of hydrogen-bond donors (Lipinski definition) is 1. The van der Waals surface area contributed by atoms with Crippen LogP contribution in [-0.2, 0) is 11.4 Å². The van der Waals surface area contributed by atoms with Crippen LogP contribution in [0.3, 0.4) is 0 Å². The molecule has 0 bridgehead atoms. The summed E-state index contributed by atoms with van der Waals surface area (Å²) in [7, 11) is 1.51. The lowest BCUT2D eigenvalue weighted by atomic mass is 10.1. The lowest BCUT2D eigenvalue weighted by Gasteiger charge is -2.12. The van der Waals surface area contributed by atoms with Crippen LogP contribution in [0.2, 0.25) is 15.1 Å². The van der Waals surface area contributed by atoms with Crippen LogP contribution in [-0.4, -0.2) is 13.0 Å². The Bertz CT molecular complexity index is 1270. The van der Waals surface area contributed by atoms with Gasteiger partial charge in [-0.25, -0.2) is 0 Å². The van der Waals surface area contributed by atoms with Crippen LogP contribution < -0.4 is 14.8 Å². The van der Waals surface area contributed by atoms with Gasteiger partial charge in [0.05, 0.1) is 17.2 Å². The van der Waals surface area contributed by atoms with Crippen molar-refractivity contribution < 1.29 is 14.3 Å². The fourth-order valence-electron chi connectivity index (χ4n) is 2.87. The molecule has 0 aliphatic heterocycles. The van der Waals surface area contributed by atoms with Crippen LogP contribution in [0.4, 0.5) is 5.69 Å². The largest absolute Gasteiger partial charge is 0.493 e. The first-order valence-electron chi connectivity index (χ1n) is 9.74. The molecule has 0 heterocycles. The first-order chi connectivity index (χ1) is 15.8. The number of carbonyl (C=O) groups is 1. The summed E-state index contributed by atoms with van der Waals surface area (Å²) in [6, 6.07) is 17.4. The average Bonchev–Trinajstić information content (AvgIpc) is 2.80. The van der Waals surface area contributed by atoms with Crippen LogP contribution in [0.25, 0.3) is 6.08 Å². The number of carbonyl (C=O) groups excluding carboxylic acids is 1. The zero-order chi connectivity index (χ0) is 24.0. The minimum atomic E-state index is -0.545. The third-order valence-corrected chi connectivity index (χ3v) is 5.82. The third kappa shape index (κ3) is 6.43. The number of amides is 1. The highest BCUT2D eigenvalue weighted by Crippen LogP contribution is 2.31. The maximum absolute atomic E-state index is 12.6. The molecule has 0 radical (unpaired) electrons. The Labute approximate surface area is 207 Å². The van der Waals surface area contributed by atoms with Crippen molar-refractivity contribution in [2.45, 2.75) is 13.5 Å². The van der Waals surface area contributed by atoms with Gasteiger partial charge in [0.2, 0.25) is 0 Å². The molecule has 0 aliphatic carbocycles. The van der Waals surface area contributed by atoms with Crippen LogP contribution in [0.1, 0.15) is 16.7 Å². The molecule has 33 heavy (non-hydrogen) atoms. The van der Waals surface area contributed by atoms with Gasteiger partial charge >= 0.3 is 0 Å². The topological polar surface area (TPSA) is 71.3 Å². The number of hydrogen-bond acceptors (Lipinski definition) is 4. The molecule has 0 unspecified atom stereocenters. The van der Waals surface area contributed by atoms with Crippen molar-refractivity contribution >= 4 is 52.5 Å². The molecule has 0 fully saturated rings. The first-order valence-corrected chi connectivity index (χ1v) is 10.9. The number of nitrogens with zero attached hydrogens (tertiary/aromatic N) is 1. The van der Waals surface area contributed by atoms with Gasteiger partial charge in [-0.2, -0.15) is 5.26 Å². The van der Waals surface area contributed by atoms with E-state index >= 15 is 0 Å². The van der Waals surface area contributed by atoms with E-state index in [4.69, 9.17) is 44.3 Å². The van der Waals surface area contributed by atoms with E-state index < -0.39 is 5.91 Å². The summed E-state index contributed by atoms with van der Waals surface area (Å²) >= 11 is 18.1. The molecular formula is C25H19Cl3N2O3. The van der Waals surface area contributed by atoms with Gasteiger partial charge in [-0.1, -0.05) is 53.0 Å². The Hall–Kier alpha value is -3.17. The van der Waals surface area contributed by atoms with E-state index in [9.17, 15) is 10.1 Å². The van der Waals surface area contributed by atoms with Crippen molar-refractivity contribution in [3.05, 3.63) is 91.9 Å². The number of nitriles is 1. The molecule has 3 aromatic carbocycles. The van der Waals surface area contributed by atoms with Crippen LogP contribution in [0.5, 0.6) is 11.5 Å². The van der Waals surface area contributed by atoms with Crippen molar-refractivity contribution in [3.8, 4) is 17.6 Å². The van der Waals surface area contributed by atoms with Crippen molar-refractivity contribution in [3.63, 3.8) is 0 Å². The fourth-order valence-corrected chi connectivity index (χ4v) is 3.37. The molecule has 0 aliphatic rings. The monoisotopic (exact) mass is 500 g/mol. The number of rotatable bonds is 7. The van der Waals surface area contributed by atoms with E-state index in [2.05, 4.69) is 5.32 Å². The summed E-state index contributed by atoms with van der Waals surface area (Å²) in [4.78, 5) is 12.6. The summed E-state index contributed by atoms with van der Waals surface area (Å²) in [6.45, 7) is 2.12. The lowest BCUT2D eigenvalue weighted by Crippen LogP contribution is -2.13. The minimum Gasteiger partial charge on any atom is -0.493 e. The molecule has 0 spiro atoms. The van der Waals surface area contributed by atoms with Crippen LogP contribution in [0.15, 0.2) is 60.2 Å². The zero-order valence-electron chi connectivity index (χ0n) is 17.8. The van der Waals surface area contributed by atoms with E-state index in [1.54, 1.807) is 48.5 Å². The molecule has 3 aromatic rings. The summed E-state index contributed by atoms with van der Waals surface area (Å²) < 4.78 is 11.3. The predicted molar refractivity (Wildman–Crippen MR) is 132 cm³/mol. The Kier molecular flexibility index (Phi) is 8.24. The fraction of sp³-hybridized carbons (Fsp3) is 0.120. The van der Waals surface area contributed by atoms with E-state index in [1.807, 2.05) is 19.1 Å². The number of halogens is 3. The quantitative estimate of drug-likeness (QED) is 0.277. The number of nitrogens with one attached hydrogen (secondary N) is 1. The maximum atomic E-state index is 12.6. The van der Waals surface area contributed by atoms with Gasteiger partial charge in [0.1, 0.15) is 18.2 Å². The van der Waals surface area contributed by atoms with Crippen LogP contribution in [0, 0.1) is 18.3 Å². The van der Waals surface area contributed by atoms with E-state index in [0.29, 0.717) is 37.8 Å². The summed E-state index contributed by atoms with van der Waals surface area (Å²) in [5.41, 5.74) is 2.76. The van der Waals surface area contributed by atoms with E-state index in [0.717, 1.165) is 11.1 Å². The molecule has 1 amide bonds. The molecule has 0 saturated carbocycles. The number of ether oxygens (including phenoxy) is 2. The molecule has 5 nitrogen and oxygen atoms in total. The minimum absolute atomic E-state index is 0.0711. The van der Waals surface area contributed by atoms with Gasteiger partial charge in [-0.15, -0.1) is 0 Å². The zero-order valence-corrected chi connectivity index (χ0v) is 20.1. The molecular weight excluding hydrogens is 483 g/mol. The smallest absolute Gasteiger partial charge is 0.266 e. The second kappa shape index (κ2) is 11.1. The van der Waals surface area contributed by atoms with Crippen molar-refractivity contribution in [1.29, 1.82) is 5.26 Å². The predicted octanol–water partition coefficient (Wildman–Crippen LogP) is 7.09. The van der Waals surface area contributed by atoms with Gasteiger partial charge in [-0.3, -0.25) is 4.79 Å². The highest BCUT2D eigenvalue weighted by Gasteiger charge is 2.12. The van der Waals surface area contributed by atoms with E-state index in [-0.39, 0.29) is 12.2 Å². The Morgan fingerprint density at radius 3 is 2.45 bits per heavy atom. The van der Waals surface area contributed by atoms with Gasteiger partial charge in [-0.05, 0) is 66.1 Å². The van der Waals surface area contributed by atoms with Gasteiger partial charge in [0.15, 0.2) is 11.5 Å². The number of benzene rings is 3. The van der Waals surface area contributed by atoms with E-state index in [1.165, 1.54) is 13.2 Å². The van der Waals surface area contributed by atoms with Gasteiger partial charge in [0, 0.05) is 10.7 Å². The van der Waals surface area contributed by atoms with Crippen molar-refractivity contribution in [1.82, 2.24) is 0 Å². The molecule has 0 atom stereocenters. The first kappa shape index (κ1) is 24.5. The van der Waals surface area contributed by atoms with Gasteiger partial charge < -0.3 is 14.8 Å². The van der Waals surface area contributed by atoms with Crippen molar-refractivity contribution in [2.24, 2.45) is 0 Å². The molecule has 1 N–H and O–H groups in total. The SMILES string of the molecule is COc1cc(/C=C(\C#N)C(=O)Nc2ccc(C)c(Cl)c2)ccc1OCc1ccc(Cl)c(Cl)c1. The second-order valence-electron chi connectivity index (χ2n) is 7.04. The lowest BCUT2D eigenvalue weighted by molar-refractivity contribution is -0.112. The molecule has 0 saturated heterocycles. The summed E-state index contributed by atoms with van der Waals surface area (Å²) in [5, 5.41) is 13.6. The molecule has 168 valence electrons. The van der Waals surface area contributed by atoms with Crippen molar-refractivity contribution in [2.75, 3.05) is 12.4 Å². The Morgan fingerprint density at radius 1 is 1.00 bits per heavy atom. The van der Waals surface area contributed by atoms with Gasteiger partial charge in [0.25, 0.3) is 5.91 Å². The Balaban J connectivity index is 1.75. The molecule has 0 aromatic heterocycles. The standard InChI is InChI=1S/C25H19Cl3N2O3/c1-15-3-6-19(12-21(15)27)30-25(31)18(13-29)9-16-5-8-23(24(11-16)32-2)33-14-17-4-7-20(26)22(28)10-17/h3-12H,14H2,1-2H3,(H,30,31)/b18-9+.